The molecule has 5 heteroatoms. The Labute approximate surface area is 119 Å². The molecule has 0 aromatic carbocycles. The van der Waals surface area contributed by atoms with Crippen LogP contribution in [0.5, 0.6) is 0 Å². The van der Waals surface area contributed by atoms with E-state index in [2.05, 4.69) is 27.3 Å². The van der Waals surface area contributed by atoms with Crippen LogP contribution in [0, 0.1) is 23.7 Å². The van der Waals surface area contributed by atoms with Crippen molar-refractivity contribution in [2.24, 2.45) is 23.7 Å². The lowest BCUT2D eigenvalue weighted by Crippen LogP contribution is -2.49. The fraction of sp³-hybridized carbons (Fsp3) is 0.867. The van der Waals surface area contributed by atoms with Crippen LogP contribution >= 0.6 is 0 Å². The summed E-state index contributed by atoms with van der Waals surface area (Å²) in [6.07, 6.45) is 4.44. The summed E-state index contributed by atoms with van der Waals surface area (Å²) in [4.78, 5) is 7.15. The molecule has 0 radical (unpaired) electrons. The number of H-pyrrole nitrogens is 1. The standard InChI is InChI=1S/C15H23N5/c1-8-7-20(5-4-16-8)15-17-14(18-19-15)13-11-9-2-3-10(6-9)12(11)13/h8-13,16H,2-7H2,1H3,(H,17,18,19)/t8-,9?,10?,11?,12?,13?/m1/s1. The highest BCUT2D eigenvalue weighted by molar-refractivity contribution is 5.33. The lowest BCUT2D eigenvalue weighted by molar-refractivity contribution is 0.456. The van der Waals surface area contributed by atoms with Crippen LogP contribution in [0.2, 0.25) is 0 Å². The molecule has 2 N–H and O–H groups in total. The van der Waals surface area contributed by atoms with Crippen LogP contribution in [0.25, 0.3) is 0 Å². The number of hydrogen-bond donors (Lipinski definition) is 2. The van der Waals surface area contributed by atoms with Gasteiger partial charge in [0.2, 0.25) is 5.95 Å². The van der Waals surface area contributed by atoms with Gasteiger partial charge in [0.1, 0.15) is 5.82 Å². The molecule has 2 heterocycles. The highest BCUT2D eigenvalue weighted by Gasteiger charge is 2.66. The number of nitrogens with zero attached hydrogens (tertiary/aromatic N) is 3. The summed E-state index contributed by atoms with van der Waals surface area (Å²) in [6, 6.07) is 0.529. The minimum absolute atomic E-state index is 0.529. The average molecular weight is 273 g/mol. The summed E-state index contributed by atoms with van der Waals surface area (Å²) in [5.74, 6) is 6.70. The van der Waals surface area contributed by atoms with Crippen molar-refractivity contribution in [1.29, 1.82) is 0 Å². The van der Waals surface area contributed by atoms with Crippen molar-refractivity contribution in [2.45, 2.75) is 38.1 Å². The topological polar surface area (TPSA) is 56.8 Å². The van der Waals surface area contributed by atoms with Crippen LogP contribution in [0.1, 0.15) is 37.9 Å². The summed E-state index contributed by atoms with van der Waals surface area (Å²) in [5.41, 5.74) is 0. The Morgan fingerprint density at radius 2 is 2.00 bits per heavy atom. The van der Waals surface area contributed by atoms with E-state index in [1.807, 2.05) is 0 Å². The third-order valence-electron chi connectivity index (χ3n) is 6.19. The molecule has 2 bridgehead atoms. The van der Waals surface area contributed by atoms with Gasteiger partial charge in [0.15, 0.2) is 0 Å². The maximum Gasteiger partial charge on any atom is 0.244 e. The van der Waals surface area contributed by atoms with Crippen LogP contribution in [0.15, 0.2) is 0 Å². The number of hydrogen-bond acceptors (Lipinski definition) is 4. The number of nitrogens with one attached hydrogen (secondary N) is 2. The molecule has 3 saturated carbocycles. The molecule has 1 aromatic rings. The molecule has 20 heavy (non-hydrogen) atoms. The van der Waals surface area contributed by atoms with Crippen LogP contribution in [-0.2, 0) is 0 Å². The van der Waals surface area contributed by atoms with E-state index in [4.69, 9.17) is 4.98 Å². The summed E-state index contributed by atoms with van der Waals surface area (Å²) in [7, 11) is 0. The zero-order valence-electron chi connectivity index (χ0n) is 12.0. The van der Waals surface area contributed by atoms with Gasteiger partial charge in [-0.2, -0.15) is 4.98 Å². The number of aromatic nitrogens is 3. The van der Waals surface area contributed by atoms with Gasteiger partial charge in [-0.15, -0.1) is 5.10 Å². The number of aromatic amines is 1. The zero-order valence-corrected chi connectivity index (χ0v) is 12.0. The Kier molecular flexibility index (Phi) is 2.29. The van der Waals surface area contributed by atoms with Gasteiger partial charge in [-0.3, -0.25) is 5.10 Å². The maximum atomic E-state index is 4.84. The van der Waals surface area contributed by atoms with E-state index in [9.17, 15) is 0 Å². The lowest BCUT2D eigenvalue weighted by atomic mass is 10.0. The van der Waals surface area contributed by atoms with Crippen LogP contribution in [0.4, 0.5) is 5.95 Å². The molecular weight excluding hydrogens is 250 g/mol. The van der Waals surface area contributed by atoms with E-state index in [1.54, 1.807) is 0 Å². The predicted molar refractivity (Wildman–Crippen MR) is 76.6 cm³/mol. The second-order valence-corrected chi connectivity index (χ2v) is 7.34. The molecule has 1 saturated heterocycles. The number of piperazine rings is 1. The SMILES string of the molecule is C[C@@H]1CN(c2n[nH]c(C3C4C5CCC(C5)C34)n2)CCN1. The van der Waals surface area contributed by atoms with Crippen LogP contribution in [0.3, 0.4) is 0 Å². The molecule has 0 spiro atoms. The van der Waals surface area contributed by atoms with Gasteiger partial charge in [-0.25, -0.2) is 0 Å². The molecule has 5 nitrogen and oxygen atoms in total. The number of rotatable bonds is 2. The summed E-state index contributed by atoms with van der Waals surface area (Å²) in [5, 5.41) is 11.2. The second-order valence-electron chi connectivity index (χ2n) is 7.34. The Bertz CT molecular complexity index is 510. The van der Waals surface area contributed by atoms with Crippen molar-refractivity contribution in [3.8, 4) is 0 Å². The van der Waals surface area contributed by atoms with Gasteiger partial charge < -0.3 is 10.2 Å². The van der Waals surface area contributed by atoms with Crippen LogP contribution < -0.4 is 10.2 Å². The lowest BCUT2D eigenvalue weighted by Gasteiger charge is -2.30. The third-order valence-corrected chi connectivity index (χ3v) is 6.19. The quantitative estimate of drug-likeness (QED) is 0.854. The number of anilines is 1. The largest absolute Gasteiger partial charge is 0.337 e. The van der Waals surface area contributed by atoms with E-state index >= 15 is 0 Å². The fourth-order valence-corrected chi connectivity index (χ4v) is 5.36. The van der Waals surface area contributed by atoms with Crippen LogP contribution in [-0.4, -0.2) is 40.9 Å². The first kappa shape index (κ1) is 11.5. The Hall–Kier alpha value is -1.10. The normalized spacial score (nSPS) is 45.8. The highest BCUT2D eigenvalue weighted by atomic mass is 15.4. The fourth-order valence-electron chi connectivity index (χ4n) is 5.36. The van der Waals surface area contributed by atoms with E-state index in [1.165, 1.54) is 25.1 Å². The smallest absolute Gasteiger partial charge is 0.244 e. The van der Waals surface area contributed by atoms with Gasteiger partial charge >= 0.3 is 0 Å². The second kappa shape index (κ2) is 3.97. The van der Waals surface area contributed by atoms with E-state index in [0.717, 1.165) is 49.3 Å². The summed E-state index contributed by atoms with van der Waals surface area (Å²) < 4.78 is 0. The molecule has 4 unspecified atom stereocenters. The molecule has 4 aliphatic rings. The van der Waals surface area contributed by atoms with E-state index in [-0.39, 0.29) is 0 Å². The molecule has 0 amide bonds. The Balaban J connectivity index is 1.34. The van der Waals surface area contributed by atoms with Crippen molar-refractivity contribution in [3.05, 3.63) is 5.82 Å². The molecule has 4 fully saturated rings. The van der Waals surface area contributed by atoms with Crippen molar-refractivity contribution in [3.63, 3.8) is 0 Å². The number of fused-ring (bicyclic) bond motifs is 5. The van der Waals surface area contributed by atoms with Gasteiger partial charge in [0.25, 0.3) is 0 Å². The Morgan fingerprint density at radius 1 is 1.20 bits per heavy atom. The molecule has 5 rings (SSSR count). The Morgan fingerprint density at radius 3 is 2.75 bits per heavy atom. The first-order chi connectivity index (χ1) is 9.81. The van der Waals surface area contributed by atoms with Gasteiger partial charge in [-0.1, -0.05) is 0 Å². The first-order valence-corrected chi connectivity index (χ1v) is 8.22. The molecule has 108 valence electrons. The first-order valence-electron chi connectivity index (χ1n) is 8.22. The summed E-state index contributed by atoms with van der Waals surface area (Å²) in [6.45, 7) is 5.29. The maximum absolute atomic E-state index is 4.84. The monoisotopic (exact) mass is 273 g/mol. The van der Waals surface area contributed by atoms with Crippen molar-refractivity contribution in [2.75, 3.05) is 24.5 Å². The molecule has 1 aliphatic heterocycles. The van der Waals surface area contributed by atoms with Crippen molar-refractivity contribution < 1.29 is 0 Å². The molecule has 3 aliphatic carbocycles. The highest BCUT2D eigenvalue weighted by Crippen LogP contribution is 2.72. The van der Waals surface area contributed by atoms with Gasteiger partial charge in [-0.05, 0) is 49.9 Å². The summed E-state index contributed by atoms with van der Waals surface area (Å²) >= 11 is 0. The van der Waals surface area contributed by atoms with Gasteiger partial charge in [0, 0.05) is 31.6 Å². The predicted octanol–water partition coefficient (Wildman–Crippen LogP) is 1.36. The molecular formula is C15H23N5. The van der Waals surface area contributed by atoms with Crippen molar-refractivity contribution in [1.82, 2.24) is 20.5 Å². The van der Waals surface area contributed by atoms with E-state index < -0.39 is 0 Å². The molecule has 1 aromatic heterocycles. The van der Waals surface area contributed by atoms with Gasteiger partial charge in [0.05, 0.1) is 0 Å². The zero-order chi connectivity index (χ0) is 13.3. The minimum Gasteiger partial charge on any atom is -0.337 e. The van der Waals surface area contributed by atoms with Crippen molar-refractivity contribution >= 4 is 5.95 Å². The van der Waals surface area contributed by atoms with E-state index in [0.29, 0.717) is 12.0 Å². The minimum atomic E-state index is 0.529. The molecule has 5 atom stereocenters. The third kappa shape index (κ3) is 1.53. The average Bonchev–Trinajstić information content (AvgIpc) is 2.88.